The topological polar surface area (TPSA) is 86.6 Å². The number of carboxylic acid groups (broad SMARTS) is 2. The molecule has 0 radical (unpaired) electrons. The van der Waals surface area contributed by atoms with Crippen molar-refractivity contribution in [3.05, 3.63) is 0 Å². The summed E-state index contributed by atoms with van der Waals surface area (Å²) in [7, 11) is 0. The monoisotopic (exact) mass is 275 g/mol. The van der Waals surface area contributed by atoms with Crippen molar-refractivity contribution in [2.75, 3.05) is 13.1 Å². The van der Waals surface area contributed by atoms with Gasteiger partial charge in [-0.15, -0.1) is 0 Å². The number of carboxylic acids is 2. The van der Waals surface area contributed by atoms with Gasteiger partial charge in [-0.2, -0.15) is 0 Å². The van der Waals surface area contributed by atoms with Gasteiger partial charge in [0, 0.05) is 6.42 Å². The minimum Gasteiger partial charge on any atom is -0.481 e. The molecule has 0 saturated heterocycles. The fraction of sp³-hybridized carbons (Fsp3) is 0.857. The highest BCUT2D eigenvalue weighted by molar-refractivity contribution is 5.69. The Balaban J connectivity index is 0. The summed E-state index contributed by atoms with van der Waals surface area (Å²) in [5, 5.41) is 20.0. The molecule has 0 aliphatic carbocycles. The summed E-state index contributed by atoms with van der Waals surface area (Å²) in [6, 6.07) is 0. The van der Waals surface area contributed by atoms with Crippen LogP contribution in [0.15, 0.2) is 0 Å². The van der Waals surface area contributed by atoms with Gasteiger partial charge in [0.15, 0.2) is 0 Å². The van der Waals surface area contributed by atoms with Crippen molar-refractivity contribution < 1.29 is 19.8 Å². The van der Waals surface area contributed by atoms with Gasteiger partial charge in [-0.1, -0.05) is 40.0 Å². The lowest BCUT2D eigenvalue weighted by Crippen LogP contribution is -2.09. The van der Waals surface area contributed by atoms with Crippen LogP contribution in [0.1, 0.15) is 59.3 Å². The second-order valence-electron chi connectivity index (χ2n) is 4.54. The number of hydrogen-bond acceptors (Lipinski definition) is 3. The predicted molar refractivity (Wildman–Crippen MR) is 76.4 cm³/mol. The molecule has 0 aromatic carbocycles. The molecule has 0 rings (SSSR count). The molecule has 0 aromatic heterocycles. The second-order valence-corrected chi connectivity index (χ2v) is 4.54. The van der Waals surface area contributed by atoms with Gasteiger partial charge in [-0.05, 0) is 25.9 Å². The molecule has 0 amide bonds. The highest BCUT2D eigenvalue weighted by Crippen LogP contribution is 2.11. The van der Waals surface area contributed by atoms with Crippen LogP contribution in [0.3, 0.4) is 0 Å². The van der Waals surface area contributed by atoms with Crippen LogP contribution in [0.2, 0.25) is 0 Å². The molecule has 1 unspecified atom stereocenters. The number of unbranched alkanes of at least 4 members (excludes halogenated alkanes) is 3. The molecule has 0 aliphatic rings. The van der Waals surface area contributed by atoms with Gasteiger partial charge in [0.2, 0.25) is 0 Å². The van der Waals surface area contributed by atoms with Crippen LogP contribution in [0, 0.1) is 5.92 Å². The third-order valence-corrected chi connectivity index (χ3v) is 2.70. The van der Waals surface area contributed by atoms with E-state index in [1.54, 1.807) is 6.92 Å². The first-order valence-corrected chi connectivity index (χ1v) is 7.10. The van der Waals surface area contributed by atoms with Crippen LogP contribution in [0.5, 0.6) is 0 Å². The van der Waals surface area contributed by atoms with Crippen LogP contribution in [0.25, 0.3) is 0 Å². The van der Waals surface area contributed by atoms with E-state index < -0.39 is 11.9 Å². The summed E-state index contributed by atoms with van der Waals surface area (Å²) < 4.78 is 0. The van der Waals surface area contributed by atoms with Gasteiger partial charge in [0.05, 0.1) is 5.92 Å². The van der Waals surface area contributed by atoms with Crippen LogP contribution >= 0.6 is 0 Å². The molecule has 0 fully saturated rings. The molecule has 0 aliphatic heterocycles. The molecule has 19 heavy (non-hydrogen) atoms. The first kappa shape index (κ1) is 20.2. The first-order valence-electron chi connectivity index (χ1n) is 7.10. The maximum atomic E-state index is 10.4. The zero-order valence-corrected chi connectivity index (χ0v) is 12.4. The SMILES string of the molecule is CC(CCCCCCC(=O)O)C(=O)O.CCNCC. The van der Waals surface area contributed by atoms with Gasteiger partial charge >= 0.3 is 11.9 Å². The largest absolute Gasteiger partial charge is 0.481 e. The molecule has 0 saturated carbocycles. The number of nitrogens with one attached hydrogen (secondary N) is 1. The molecule has 0 bridgehead atoms. The molecular weight excluding hydrogens is 246 g/mol. The van der Waals surface area contributed by atoms with Gasteiger partial charge in [0.1, 0.15) is 0 Å². The zero-order valence-electron chi connectivity index (χ0n) is 12.4. The number of carbonyl (C=O) groups is 2. The minimum absolute atomic E-state index is 0.217. The molecule has 5 heteroatoms. The normalized spacial score (nSPS) is 11.3. The summed E-state index contributed by atoms with van der Waals surface area (Å²) in [6.07, 6.45) is 4.25. The van der Waals surface area contributed by atoms with Gasteiger partial charge in [0.25, 0.3) is 0 Å². The number of hydrogen-bond donors (Lipinski definition) is 3. The fourth-order valence-corrected chi connectivity index (χ4v) is 1.45. The maximum absolute atomic E-state index is 10.4. The van der Waals surface area contributed by atoms with E-state index in [2.05, 4.69) is 19.2 Å². The maximum Gasteiger partial charge on any atom is 0.306 e. The molecule has 3 N–H and O–H groups in total. The average molecular weight is 275 g/mol. The smallest absolute Gasteiger partial charge is 0.306 e. The Kier molecular flexibility index (Phi) is 15.9. The van der Waals surface area contributed by atoms with Crippen molar-refractivity contribution in [3.63, 3.8) is 0 Å². The molecule has 1 atom stereocenters. The Morgan fingerprint density at radius 3 is 1.89 bits per heavy atom. The zero-order chi connectivity index (χ0) is 15.1. The van der Waals surface area contributed by atoms with Crippen molar-refractivity contribution in [2.24, 2.45) is 5.92 Å². The van der Waals surface area contributed by atoms with E-state index in [4.69, 9.17) is 10.2 Å². The summed E-state index contributed by atoms with van der Waals surface area (Å²) in [5.74, 6) is -1.80. The lowest BCUT2D eigenvalue weighted by molar-refractivity contribution is -0.141. The highest BCUT2D eigenvalue weighted by Gasteiger charge is 2.09. The van der Waals surface area contributed by atoms with E-state index in [-0.39, 0.29) is 12.3 Å². The van der Waals surface area contributed by atoms with Crippen molar-refractivity contribution >= 4 is 11.9 Å². The molecule has 0 aromatic rings. The molecule has 0 spiro atoms. The number of aliphatic carboxylic acids is 2. The van der Waals surface area contributed by atoms with E-state index in [0.29, 0.717) is 12.8 Å². The van der Waals surface area contributed by atoms with Gasteiger partial charge < -0.3 is 15.5 Å². The Morgan fingerprint density at radius 1 is 1.00 bits per heavy atom. The minimum atomic E-state index is -0.760. The van der Waals surface area contributed by atoms with E-state index in [9.17, 15) is 9.59 Å². The summed E-state index contributed by atoms with van der Waals surface area (Å²) in [4.78, 5) is 20.6. The van der Waals surface area contributed by atoms with Crippen molar-refractivity contribution in [2.45, 2.75) is 59.3 Å². The van der Waals surface area contributed by atoms with E-state index in [1.807, 2.05) is 0 Å². The van der Waals surface area contributed by atoms with Crippen molar-refractivity contribution in [1.82, 2.24) is 5.32 Å². The Morgan fingerprint density at radius 2 is 1.53 bits per heavy atom. The van der Waals surface area contributed by atoms with Gasteiger partial charge in [-0.25, -0.2) is 0 Å². The Bertz CT molecular complexity index is 229. The third kappa shape index (κ3) is 19.4. The van der Waals surface area contributed by atoms with Crippen LogP contribution in [-0.2, 0) is 9.59 Å². The second kappa shape index (κ2) is 15.0. The van der Waals surface area contributed by atoms with E-state index >= 15 is 0 Å². The first-order chi connectivity index (χ1) is 8.95. The average Bonchev–Trinajstić information content (AvgIpc) is 2.34. The van der Waals surface area contributed by atoms with Crippen LogP contribution < -0.4 is 5.32 Å². The Labute approximate surface area is 116 Å². The molecule has 0 heterocycles. The molecule has 5 nitrogen and oxygen atoms in total. The van der Waals surface area contributed by atoms with Crippen molar-refractivity contribution in [1.29, 1.82) is 0 Å². The summed E-state index contributed by atoms with van der Waals surface area (Å²) in [6.45, 7) is 8.08. The predicted octanol–water partition coefficient (Wildman–Crippen LogP) is 2.75. The van der Waals surface area contributed by atoms with Crippen LogP contribution in [0.4, 0.5) is 0 Å². The number of rotatable bonds is 10. The third-order valence-electron chi connectivity index (χ3n) is 2.70. The fourth-order valence-electron chi connectivity index (χ4n) is 1.45. The Hall–Kier alpha value is -1.10. The standard InChI is InChI=1S/C10H18O4.C4H11N/c1-8(10(13)14)6-4-2-3-5-7-9(11)12;1-3-5-4-2/h8H,2-7H2,1H3,(H,11,12)(H,13,14);5H,3-4H2,1-2H3. The van der Waals surface area contributed by atoms with Crippen molar-refractivity contribution in [3.8, 4) is 0 Å². The summed E-state index contributed by atoms with van der Waals surface area (Å²) >= 11 is 0. The lowest BCUT2D eigenvalue weighted by atomic mass is 10.0. The molecular formula is C14H29NO4. The lowest BCUT2D eigenvalue weighted by Gasteiger charge is -2.04. The highest BCUT2D eigenvalue weighted by atomic mass is 16.4. The summed E-state index contributed by atoms with van der Waals surface area (Å²) in [5.41, 5.74) is 0. The van der Waals surface area contributed by atoms with E-state index in [1.165, 1.54) is 0 Å². The quantitative estimate of drug-likeness (QED) is 0.534. The van der Waals surface area contributed by atoms with E-state index in [0.717, 1.165) is 32.4 Å². The molecule has 114 valence electrons. The van der Waals surface area contributed by atoms with Gasteiger partial charge in [-0.3, -0.25) is 9.59 Å². The van der Waals surface area contributed by atoms with Crippen LogP contribution in [-0.4, -0.2) is 35.2 Å².